The van der Waals surface area contributed by atoms with Gasteiger partial charge in [-0.2, -0.15) is 0 Å². The first kappa shape index (κ1) is 37.4. The first-order valence-corrected chi connectivity index (χ1v) is 6.88. The summed E-state index contributed by atoms with van der Waals surface area (Å²) in [4.78, 5) is 0. The van der Waals surface area contributed by atoms with Gasteiger partial charge in [0.25, 0.3) is 0 Å². The number of benzene rings is 2. The van der Waals surface area contributed by atoms with Crippen LogP contribution in [-0.2, 0) is 0 Å². The van der Waals surface area contributed by atoms with E-state index in [-0.39, 0.29) is 67.4 Å². The maximum absolute atomic E-state index is 5.13. The van der Waals surface area contributed by atoms with Crippen molar-refractivity contribution in [2.75, 3.05) is 7.11 Å². The first-order valence-electron chi connectivity index (χ1n) is 4.72. The average molecular weight is 508 g/mol. The van der Waals surface area contributed by atoms with E-state index in [2.05, 4.69) is 42.5 Å². The Morgan fingerprint density at radius 1 is 0.682 bits per heavy atom. The molecule has 0 saturated carbocycles. The second-order valence-electron chi connectivity index (χ2n) is 3.05. The minimum absolute atomic E-state index is 0. The molecule has 0 aliphatic heterocycles. The van der Waals surface area contributed by atoms with Gasteiger partial charge in [0.15, 0.2) is 7.14 Å². The number of ether oxygens (including phenoxy) is 1. The maximum atomic E-state index is 5.13. The van der Waals surface area contributed by atoms with E-state index in [1.54, 1.807) is 7.11 Å². The Morgan fingerprint density at radius 2 is 1.09 bits per heavy atom. The van der Waals surface area contributed by atoms with E-state index in [0.717, 1.165) is 5.75 Å². The summed E-state index contributed by atoms with van der Waals surface area (Å²) in [6, 6.07) is 19.0. The summed E-state index contributed by atoms with van der Waals surface area (Å²) < 4.78 is 7.99. The third-order valence-corrected chi connectivity index (χ3v) is 4.68. The Morgan fingerprint density at radius 3 is 1.50 bits per heavy atom. The van der Waals surface area contributed by atoms with Gasteiger partial charge in [-0.05, 0) is 36.4 Å². The minimum atomic E-state index is -0.0449. The summed E-state index contributed by atoms with van der Waals surface area (Å²) in [5.41, 5.74) is 0. The number of rotatable bonds is 3. The van der Waals surface area contributed by atoms with Crippen molar-refractivity contribution in [1.29, 1.82) is 0 Å². The molecule has 0 fully saturated rings. The van der Waals surface area contributed by atoms with Crippen LogP contribution in [0.1, 0.15) is 0 Å². The van der Waals surface area contributed by atoms with Crippen molar-refractivity contribution in [3.63, 3.8) is 0 Å². The molecule has 0 bridgehead atoms. The third kappa shape index (κ3) is 11.7. The number of methoxy groups -OCH3 is 1. The molecule has 1 nitrogen and oxygen atoms in total. The van der Waals surface area contributed by atoms with Gasteiger partial charge < -0.3 is 9.44 Å². The van der Waals surface area contributed by atoms with Crippen molar-refractivity contribution in [1.82, 2.24) is 0 Å². The quantitative estimate of drug-likeness (QED) is 0.237. The predicted molar refractivity (Wildman–Crippen MR) is 79.3 cm³/mol. The van der Waals surface area contributed by atoms with Crippen molar-refractivity contribution in [2.45, 2.75) is 0 Å². The SMILES string of the molecule is COc1ccc([I+]c2ccccc2)cc1.F.F.F.F.F.[AsH3].[F-]. The van der Waals surface area contributed by atoms with E-state index in [1.165, 1.54) is 7.14 Å². The van der Waals surface area contributed by atoms with Crippen molar-refractivity contribution < 1.29 is 54.2 Å². The Kier molecular flexibility index (Phi) is 34.2. The van der Waals surface area contributed by atoms with E-state index in [0.29, 0.717) is 0 Å². The zero-order valence-corrected chi connectivity index (χ0v) is 16.7. The van der Waals surface area contributed by atoms with E-state index in [1.807, 2.05) is 12.1 Å². The fourth-order valence-electron chi connectivity index (χ4n) is 1.24. The molecule has 2 aromatic rings. The first-order chi connectivity index (χ1) is 7.38. The molecule has 0 radical (unpaired) electrons. The summed E-state index contributed by atoms with van der Waals surface area (Å²) in [7, 11) is 1.70. The molecule has 0 amide bonds. The molecule has 0 heterocycles. The summed E-state index contributed by atoms with van der Waals surface area (Å²) in [5, 5.41) is 0. The van der Waals surface area contributed by atoms with Crippen LogP contribution >= 0.6 is 0 Å². The maximum Gasteiger partial charge on any atom is -1.00 e. The minimum Gasteiger partial charge on any atom is -1.00 e. The topological polar surface area (TPSA) is 9.23 Å². The van der Waals surface area contributed by atoms with Gasteiger partial charge in [0.1, 0.15) is 5.75 Å². The van der Waals surface area contributed by atoms with E-state index >= 15 is 0 Å². The van der Waals surface area contributed by atoms with Crippen molar-refractivity contribution in [3.05, 3.63) is 61.7 Å². The third-order valence-electron chi connectivity index (χ3n) is 2.00. The molecular formula is C13H20AsF6IO. The molecule has 0 saturated heterocycles. The van der Waals surface area contributed by atoms with Crippen LogP contribution in [0, 0.1) is 7.14 Å². The monoisotopic (exact) mass is 508 g/mol. The van der Waals surface area contributed by atoms with Crippen LogP contribution in [0.3, 0.4) is 0 Å². The molecule has 0 spiro atoms. The molecule has 132 valence electrons. The Bertz CT molecular complexity index is 432. The second-order valence-corrected chi connectivity index (χ2v) is 6.08. The Labute approximate surface area is 146 Å². The number of halogens is 7. The zero-order valence-electron chi connectivity index (χ0n) is 11.6. The smallest absolute Gasteiger partial charge is 1.00 e. The number of hydrogen-bond acceptors (Lipinski definition) is 1. The van der Waals surface area contributed by atoms with Crippen LogP contribution in [0.4, 0.5) is 23.5 Å². The second kappa shape index (κ2) is 20.1. The summed E-state index contributed by atoms with van der Waals surface area (Å²) >= 11 is -0.0449. The predicted octanol–water partition coefficient (Wildman–Crippen LogP) is -3.59. The van der Waals surface area contributed by atoms with Gasteiger partial charge in [-0.15, -0.1) is 0 Å². The van der Waals surface area contributed by atoms with Gasteiger partial charge in [-0.1, -0.05) is 18.2 Å². The van der Waals surface area contributed by atoms with Gasteiger partial charge in [0, 0.05) is 0 Å². The van der Waals surface area contributed by atoms with E-state index < -0.39 is 0 Å². The summed E-state index contributed by atoms with van der Waals surface area (Å²) in [5.74, 6) is 0.927. The molecule has 2 rings (SSSR count). The zero-order chi connectivity index (χ0) is 10.5. The summed E-state index contributed by atoms with van der Waals surface area (Å²) in [6.07, 6.45) is 0. The van der Waals surface area contributed by atoms with Crippen molar-refractivity contribution in [2.24, 2.45) is 0 Å². The Hall–Kier alpha value is -0.892. The molecular weight excluding hydrogens is 488 g/mol. The fourth-order valence-corrected chi connectivity index (χ4v) is 3.45. The summed E-state index contributed by atoms with van der Waals surface area (Å²) in [6.45, 7) is 0. The molecule has 0 N–H and O–H groups in total. The molecule has 2 aromatic carbocycles. The van der Waals surface area contributed by atoms with Crippen molar-refractivity contribution >= 4 is 18.0 Å². The van der Waals surface area contributed by atoms with Gasteiger partial charge >= 0.3 is 39.2 Å². The molecule has 0 aromatic heterocycles. The molecule has 0 aliphatic rings. The van der Waals surface area contributed by atoms with Crippen LogP contribution in [0.5, 0.6) is 5.75 Å². The molecule has 22 heavy (non-hydrogen) atoms. The van der Waals surface area contributed by atoms with Crippen LogP contribution < -0.4 is 30.6 Å². The van der Waals surface area contributed by atoms with Gasteiger partial charge in [0.05, 0.1) is 7.11 Å². The van der Waals surface area contributed by atoms with Gasteiger partial charge in [-0.25, -0.2) is 0 Å². The van der Waals surface area contributed by atoms with E-state index in [9.17, 15) is 0 Å². The molecule has 9 heteroatoms. The van der Waals surface area contributed by atoms with Gasteiger partial charge in [0.2, 0.25) is 0 Å². The standard InChI is InChI=1S/C13H12IO.AsH3.6FH/c1-15-13-9-7-12(8-10-13)14-11-5-3-2-4-6-11;;;;;;;/h2-10H,1H3;1H3;6*1H/q+1;;;;;;;/p-1. The fraction of sp³-hybridized carbons (Fsp3) is 0.0769. The average Bonchev–Trinajstić information content (AvgIpc) is 2.31. The Balaban J connectivity index is -0.0000000914. The van der Waals surface area contributed by atoms with Gasteiger partial charge in [-0.3, -0.25) is 23.5 Å². The van der Waals surface area contributed by atoms with Crippen LogP contribution in [0.25, 0.3) is 0 Å². The largest absolute Gasteiger partial charge is 1.00 e. The van der Waals surface area contributed by atoms with Crippen LogP contribution in [0.15, 0.2) is 54.6 Å². The van der Waals surface area contributed by atoms with Crippen molar-refractivity contribution in [3.8, 4) is 5.75 Å². The van der Waals surface area contributed by atoms with Crippen LogP contribution in [0.2, 0.25) is 0 Å². The van der Waals surface area contributed by atoms with E-state index in [4.69, 9.17) is 4.74 Å². The van der Waals surface area contributed by atoms with Crippen LogP contribution in [-0.4, -0.2) is 25.1 Å². The number of hydrogen-bond donors (Lipinski definition) is 0. The normalized spacial score (nSPS) is 6.77. The molecule has 1 unspecified atom stereocenters. The molecule has 0 aliphatic carbocycles. The molecule has 1 atom stereocenters.